The fourth-order valence-electron chi connectivity index (χ4n) is 2.66. The number of nitrogens with one attached hydrogen (secondary N) is 1. The molecule has 0 aromatic carbocycles. The first-order valence-corrected chi connectivity index (χ1v) is 6.33. The summed E-state index contributed by atoms with van der Waals surface area (Å²) in [5, 5.41) is 3.40. The first-order chi connectivity index (χ1) is 7.79. The lowest BCUT2D eigenvalue weighted by Crippen LogP contribution is -2.41. The predicted octanol–water partition coefficient (Wildman–Crippen LogP) is 1.08. The monoisotopic (exact) mass is 225 g/mol. The minimum Gasteiger partial charge on any atom is -0.381 e. The van der Waals surface area contributed by atoms with Crippen LogP contribution in [0.25, 0.3) is 0 Å². The maximum atomic E-state index is 5.54. The highest BCUT2D eigenvalue weighted by Gasteiger charge is 2.42. The normalized spacial score (nSPS) is 30.4. The van der Waals surface area contributed by atoms with Crippen molar-refractivity contribution in [1.82, 2.24) is 10.2 Å². The van der Waals surface area contributed by atoms with Crippen molar-refractivity contribution in [2.24, 2.45) is 10.4 Å². The Morgan fingerprint density at radius 3 is 3.00 bits per heavy atom. The average Bonchev–Trinajstić information content (AvgIpc) is 2.92. The van der Waals surface area contributed by atoms with Crippen molar-refractivity contribution < 1.29 is 4.74 Å². The molecule has 4 heteroatoms. The van der Waals surface area contributed by atoms with Gasteiger partial charge in [-0.3, -0.25) is 4.99 Å². The second kappa shape index (κ2) is 5.04. The van der Waals surface area contributed by atoms with Gasteiger partial charge in [0.1, 0.15) is 0 Å². The van der Waals surface area contributed by atoms with E-state index < -0.39 is 0 Å². The molecule has 0 aliphatic carbocycles. The highest BCUT2D eigenvalue weighted by atomic mass is 16.5. The van der Waals surface area contributed by atoms with Crippen LogP contribution in [0, 0.1) is 5.41 Å². The molecule has 2 heterocycles. The van der Waals surface area contributed by atoms with Crippen molar-refractivity contribution in [1.29, 1.82) is 0 Å². The first-order valence-electron chi connectivity index (χ1n) is 6.33. The van der Waals surface area contributed by atoms with Crippen molar-refractivity contribution in [3.8, 4) is 0 Å². The minimum atomic E-state index is 0.420. The largest absolute Gasteiger partial charge is 0.381 e. The van der Waals surface area contributed by atoms with Crippen LogP contribution in [0.2, 0.25) is 0 Å². The third kappa shape index (κ3) is 2.32. The Hall–Kier alpha value is -0.770. The molecule has 1 unspecified atom stereocenters. The lowest BCUT2D eigenvalue weighted by Gasteiger charge is -2.24. The van der Waals surface area contributed by atoms with E-state index in [0.29, 0.717) is 5.41 Å². The van der Waals surface area contributed by atoms with Gasteiger partial charge in [-0.2, -0.15) is 0 Å². The summed E-state index contributed by atoms with van der Waals surface area (Å²) in [6.45, 7) is 7.29. The zero-order valence-electron chi connectivity index (χ0n) is 10.5. The molecule has 4 nitrogen and oxygen atoms in total. The number of ether oxygens (including phenoxy) is 1. The Kier molecular flexibility index (Phi) is 3.69. The van der Waals surface area contributed by atoms with E-state index in [1.54, 1.807) is 0 Å². The highest BCUT2D eigenvalue weighted by molar-refractivity contribution is 5.80. The highest BCUT2D eigenvalue weighted by Crippen LogP contribution is 2.37. The van der Waals surface area contributed by atoms with Gasteiger partial charge in [0.25, 0.3) is 0 Å². The van der Waals surface area contributed by atoms with E-state index in [-0.39, 0.29) is 0 Å². The van der Waals surface area contributed by atoms with Gasteiger partial charge in [-0.05, 0) is 19.3 Å². The molecule has 0 amide bonds. The summed E-state index contributed by atoms with van der Waals surface area (Å²) in [6, 6.07) is 0. The molecule has 1 atom stereocenters. The summed E-state index contributed by atoms with van der Waals surface area (Å²) in [7, 11) is 1.87. The zero-order chi connectivity index (χ0) is 11.4. The summed E-state index contributed by atoms with van der Waals surface area (Å²) in [6.07, 6.45) is 3.61. The SMILES string of the molecule is CCCNC(=NC)N1CCC2(CCOC2)C1. The van der Waals surface area contributed by atoms with Crippen LogP contribution in [0.3, 0.4) is 0 Å². The number of guanidine groups is 1. The molecule has 1 N–H and O–H groups in total. The fourth-order valence-corrected chi connectivity index (χ4v) is 2.66. The summed E-state index contributed by atoms with van der Waals surface area (Å²) in [4.78, 5) is 6.73. The standard InChI is InChI=1S/C12H23N3O/c1-3-6-14-11(13-2)15-7-4-12(9-15)5-8-16-10-12/h3-10H2,1-2H3,(H,13,14). The molecule has 2 aliphatic heterocycles. The minimum absolute atomic E-state index is 0.420. The summed E-state index contributed by atoms with van der Waals surface area (Å²) < 4.78 is 5.54. The van der Waals surface area contributed by atoms with Crippen LogP contribution in [0.5, 0.6) is 0 Å². The molecular weight excluding hydrogens is 202 g/mol. The molecule has 2 rings (SSSR count). The Labute approximate surface area is 98.1 Å². The Balaban J connectivity index is 1.91. The van der Waals surface area contributed by atoms with Gasteiger partial charge in [-0.25, -0.2) is 0 Å². The third-order valence-corrected chi connectivity index (χ3v) is 3.67. The van der Waals surface area contributed by atoms with Gasteiger partial charge in [-0.1, -0.05) is 6.92 Å². The summed E-state index contributed by atoms with van der Waals surface area (Å²) in [5.74, 6) is 1.06. The number of aliphatic imine (C=N–C) groups is 1. The van der Waals surface area contributed by atoms with Gasteiger partial charge in [0.15, 0.2) is 5.96 Å². The molecule has 0 aromatic heterocycles. The van der Waals surface area contributed by atoms with Crippen molar-refractivity contribution in [3.63, 3.8) is 0 Å². The van der Waals surface area contributed by atoms with Gasteiger partial charge in [0.2, 0.25) is 0 Å². The molecule has 2 fully saturated rings. The van der Waals surface area contributed by atoms with Crippen molar-refractivity contribution in [2.75, 3.05) is 39.9 Å². The van der Waals surface area contributed by atoms with Gasteiger partial charge in [-0.15, -0.1) is 0 Å². The van der Waals surface area contributed by atoms with Crippen LogP contribution in [0.4, 0.5) is 0 Å². The van der Waals surface area contributed by atoms with Gasteiger partial charge < -0.3 is 15.0 Å². The van der Waals surface area contributed by atoms with Crippen LogP contribution >= 0.6 is 0 Å². The number of nitrogens with zero attached hydrogens (tertiary/aromatic N) is 2. The molecule has 0 bridgehead atoms. The smallest absolute Gasteiger partial charge is 0.193 e. The average molecular weight is 225 g/mol. The van der Waals surface area contributed by atoms with Crippen molar-refractivity contribution >= 4 is 5.96 Å². The number of rotatable bonds is 2. The van der Waals surface area contributed by atoms with Gasteiger partial charge in [0.05, 0.1) is 6.61 Å². The van der Waals surface area contributed by atoms with E-state index >= 15 is 0 Å². The molecule has 0 aromatic rings. The van der Waals surface area contributed by atoms with E-state index in [1.807, 2.05) is 7.05 Å². The number of hydrogen-bond donors (Lipinski definition) is 1. The van der Waals surface area contributed by atoms with Crippen molar-refractivity contribution in [2.45, 2.75) is 26.2 Å². The quantitative estimate of drug-likeness (QED) is 0.564. The van der Waals surface area contributed by atoms with E-state index in [9.17, 15) is 0 Å². The van der Waals surface area contributed by atoms with Crippen LogP contribution in [-0.2, 0) is 4.74 Å². The van der Waals surface area contributed by atoms with E-state index in [0.717, 1.165) is 45.2 Å². The Morgan fingerprint density at radius 2 is 2.38 bits per heavy atom. The maximum Gasteiger partial charge on any atom is 0.193 e. The predicted molar refractivity (Wildman–Crippen MR) is 65.7 cm³/mol. The van der Waals surface area contributed by atoms with E-state index in [2.05, 4.69) is 22.1 Å². The lowest BCUT2D eigenvalue weighted by atomic mass is 9.87. The molecule has 2 saturated heterocycles. The van der Waals surface area contributed by atoms with Crippen LogP contribution in [-0.4, -0.2) is 50.8 Å². The van der Waals surface area contributed by atoms with E-state index in [4.69, 9.17) is 4.74 Å². The number of likely N-dealkylation sites (tertiary alicyclic amines) is 1. The van der Waals surface area contributed by atoms with Crippen molar-refractivity contribution in [3.05, 3.63) is 0 Å². The molecular formula is C12H23N3O. The van der Waals surface area contributed by atoms with E-state index in [1.165, 1.54) is 12.8 Å². The lowest BCUT2D eigenvalue weighted by molar-refractivity contribution is 0.156. The zero-order valence-corrected chi connectivity index (χ0v) is 10.5. The molecule has 1 spiro atoms. The van der Waals surface area contributed by atoms with Crippen LogP contribution in [0.15, 0.2) is 4.99 Å². The van der Waals surface area contributed by atoms with Gasteiger partial charge >= 0.3 is 0 Å². The molecule has 92 valence electrons. The summed E-state index contributed by atoms with van der Waals surface area (Å²) in [5.41, 5.74) is 0.420. The first kappa shape index (κ1) is 11.7. The van der Waals surface area contributed by atoms with Gasteiger partial charge in [0, 0.05) is 38.7 Å². The summed E-state index contributed by atoms with van der Waals surface area (Å²) >= 11 is 0. The second-order valence-electron chi connectivity index (χ2n) is 4.95. The van der Waals surface area contributed by atoms with Crippen LogP contribution in [0.1, 0.15) is 26.2 Å². The molecule has 0 saturated carbocycles. The van der Waals surface area contributed by atoms with Crippen LogP contribution < -0.4 is 5.32 Å². The topological polar surface area (TPSA) is 36.9 Å². The molecule has 2 aliphatic rings. The third-order valence-electron chi connectivity index (χ3n) is 3.67. The Morgan fingerprint density at radius 1 is 1.50 bits per heavy atom. The fraction of sp³-hybridized carbons (Fsp3) is 0.917. The molecule has 16 heavy (non-hydrogen) atoms. The Bertz CT molecular complexity index is 259. The molecule has 0 radical (unpaired) electrons. The second-order valence-corrected chi connectivity index (χ2v) is 4.95. The maximum absolute atomic E-state index is 5.54. The number of hydrogen-bond acceptors (Lipinski definition) is 2.